The molecule has 0 spiro atoms. The number of alkyl halides is 3. The van der Waals surface area contributed by atoms with Crippen molar-refractivity contribution in [1.82, 2.24) is 15.3 Å². The fourth-order valence-electron chi connectivity index (χ4n) is 1.95. The van der Waals surface area contributed by atoms with Crippen LogP contribution < -0.4 is 10.1 Å². The van der Waals surface area contributed by atoms with Gasteiger partial charge in [-0.25, -0.2) is 9.02 Å². The van der Waals surface area contributed by atoms with Gasteiger partial charge in [0.1, 0.15) is 5.69 Å². The van der Waals surface area contributed by atoms with E-state index in [0.717, 1.165) is 12.1 Å². The number of anilines is 2. The lowest BCUT2D eigenvalue weighted by atomic mass is 10.1. The zero-order valence-corrected chi connectivity index (χ0v) is 11.5. The van der Waals surface area contributed by atoms with Crippen molar-refractivity contribution in [3.8, 4) is 5.88 Å². The van der Waals surface area contributed by atoms with Crippen molar-refractivity contribution in [1.29, 1.82) is 0 Å². The molecule has 1 N–H and O–H groups in total. The number of hydrogen-bond acceptors (Lipinski definition) is 6. The number of methoxy groups -OCH3 is 1. The van der Waals surface area contributed by atoms with Crippen molar-refractivity contribution >= 4 is 22.5 Å². The van der Waals surface area contributed by atoms with E-state index in [1.165, 1.54) is 13.2 Å². The molecule has 0 aliphatic carbocycles. The van der Waals surface area contributed by atoms with Gasteiger partial charge in [0, 0.05) is 6.07 Å². The molecule has 0 aliphatic rings. The van der Waals surface area contributed by atoms with E-state index in [0.29, 0.717) is 6.07 Å². The minimum Gasteiger partial charge on any atom is -0.479 e. The maximum atomic E-state index is 14.1. The van der Waals surface area contributed by atoms with Gasteiger partial charge in [-0.05, 0) is 22.4 Å². The highest BCUT2D eigenvalue weighted by molar-refractivity contribution is 5.78. The SMILES string of the molecule is COc1nc2nonc2cc1Nc1cccc(C(F)(F)F)c1F. The number of ether oxygens (including phenoxy) is 1. The van der Waals surface area contributed by atoms with Gasteiger partial charge in [-0.2, -0.15) is 18.2 Å². The molecule has 6 nitrogen and oxygen atoms in total. The summed E-state index contributed by atoms with van der Waals surface area (Å²) < 4.78 is 61.8. The highest BCUT2D eigenvalue weighted by atomic mass is 19.4. The van der Waals surface area contributed by atoms with Gasteiger partial charge in [0.2, 0.25) is 11.5 Å². The summed E-state index contributed by atoms with van der Waals surface area (Å²) in [5, 5.41) is 9.58. The molecule has 3 aromatic rings. The Bertz CT molecular complexity index is 863. The van der Waals surface area contributed by atoms with Crippen LogP contribution in [0.3, 0.4) is 0 Å². The van der Waals surface area contributed by atoms with Gasteiger partial charge in [-0.1, -0.05) is 6.07 Å². The third kappa shape index (κ3) is 2.74. The van der Waals surface area contributed by atoms with Crippen molar-refractivity contribution in [3.05, 3.63) is 35.6 Å². The molecule has 0 bridgehead atoms. The van der Waals surface area contributed by atoms with E-state index in [-0.39, 0.29) is 28.4 Å². The second-order valence-corrected chi connectivity index (χ2v) is 4.44. The Morgan fingerprint density at radius 1 is 1.17 bits per heavy atom. The van der Waals surface area contributed by atoms with E-state index >= 15 is 0 Å². The highest BCUT2D eigenvalue weighted by Gasteiger charge is 2.35. The van der Waals surface area contributed by atoms with Crippen molar-refractivity contribution in [2.24, 2.45) is 0 Å². The molecule has 0 fully saturated rings. The normalized spacial score (nSPS) is 11.7. The van der Waals surface area contributed by atoms with Gasteiger partial charge in [0.05, 0.1) is 18.4 Å². The quantitative estimate of drug-likeness (QED) is 0.742. The number of nitrogens with zero attached hydrogens (tertiary/aromatic N) is 3. The van der Waals surface area contributed by atoms with Crippen molar-refractivity contribution in [3.63, 3.8) is 0 Å². The lowest BCUT2D eigenvalue weighted by Crippen LogP contribution is -2.10. The summed E-state index contributed by atoms with van der Waals surface area (Å²) >= 11 is 0. The number of halogens is 4. The molecule has 2 heterocycles. The Balaban J connectivity index is 2.05. The van der Waals surface area contributed by atoms with E-state index in [1.54, 1.807) is 0 Å². The standard InChI is InChI=1S/C13H8F4N4O2/c1-22-12-9(5-8-11(19-12)21-23-20-8)18-7-4-2-3-6(10(7)14)13(15,16)17/h2-5,18H,1H3. The molecule has 0 saturated carbocycles. The molecule has 0 amide bonds. The molecule has 3 rings (SSSR count). The smallest absolute Gasteiger partial charge is 0.419 e. The van der Waals surface area contributed by atoms with Crippen LogP contribution in [0.4, 0.5) is 28.9 Å². The molecule has 0 radical (unpaired) electrons. The first kappa shape index (κ1) is 15.0. The second kappa shape index (κ2) is 5.38. The highest BCUT2D eigenvalue weighted by Crippen LogP contribution is 2.36. The Hall–Kier alpha value is -2.91. The Morgan fingerprint density at radius 3 is 2.65 bits per heavy atom. The third-order valence-corrected chi connectivity index (χ3v) is 2.98. The first-order valence-electron chi connectivity index (χ1n) is 6.20. The van der Waals surface area contributed by atoms with Crippen LogP contribution in [-0.2, 0) is 6.18 Å². The summed E-state index contributed by atoms with van der Waals surface area (Å²) in [6, 6.07) is 4.28. The minimum absolute atomic E-state index is 0.00464. The fraction of sp³-hybridized carbons (Fsp3) is 0.154. The van der Waals surface area contributed by atoms with Crippen LogP contribution >= 0.6 is 0 Å². The number of nitrogens with one attached hydrogen (secondary N) is 1. The average molecular weight is 328 g/mol. The van der Waals surface area contributed by atoms with Crippen molar-refractivity contribution < 1.29 is 26.9 Å². The number of hydrogen-bond donors (Lipinski definition) is 1. The zero-order chi connectivity index (χ0) is 16.6. The van der Waals surface area contributed by atoms with E-state index in [9.17, 15) is 17.6 Å². The summed E-state index contributed by atoms with van der Waals surface area (Å²) in [4.78, 5) is 3.95. The van der Waals surface area contributed by atoms with E-state index in [2.05, 4.69) is 25.2 Å². The largest absolute Gasteiger partial charge is 0.479 e. The maximum absolute atomic E-state index is 14.1. The number of benzene rings is 1. The van der Waals surface area contributed by atoms with Crippen LogP contribution in [0, 0.1) is 5.82 Å². The maximum Gasteiger partial charge on any atom is 0.419 e. The van der Waals surface area contributed by atoms with Gasteiger partial charge >= 0.3 is 6.18 Å². The number of pyridine rings is 1. The van der Waals surface area contributed by atoms with Crippen LogP contribution in [0.2, 0.25) is 0 Å². The minimum atomic E-state index is -4.80. The van der Waals surface area contributed by atoms with Crippen LogP contribution in [0.1, 0.15) is 5.56 Å². The molecule has 2 aromatic heterocycles. The predicted octanol–water partition coefficient (Wildman–Crippen LogP) is 3.53. The molecule has 23 heavy (non-hydrogen) atoms. The molecule has 0 atom stereocenters. The summed E-state index contributed by atoms with van der Waals surface area (Å²) in [6.45, 7) is 0. The molecule has 10 heteroatoms. The first-order valence-corrected chi connectivity index (χ1v) is 6.20. The molecule has 120 valence electrons. The Morgan fingerprint density at radius 2 is 1.96 bits per heavy atom. The zero-order valence-electron chi connectivity index (χ0n) is 11.5. The van der Waals surface area contributed by atoms with Crippen LogP contribution in [0.15, 0.2) is 28.9 Å². The van der Waals surface area contributed by atoms with Crippen molar-refractivity contribution in [2.45, 2.75) is 6.18 Å². The van der Waals surface area contributed by atoms with E-state index in [4.69, 9.17) is 4.74 Å². The van der Waals surface area contributed by atoms with Crippen LogP contribution in [0.5, 0.6) is 5.88 Å². The molecular weight excluding hydrogens is 320 g/mol. The molecule has 0 unspecified atom stereocenters. The monoisotopic (exact) mass is 328 g/mol. The summed E-state index contributed by atoms with van der Waals surface area (Å²) in [7, 11) is 1.30. The first-order chi connectivity index (χ1) is 10.9. The lowest BCUT2D eigenvalue weighted by molar-refractivity contribution is -0.139. The number of aromatic nitrogens is 3. The Kier molecular flexibility index (Phi) is 3.51. The number of rotatable bonds is 3. The van der Waals surface area contributed by atoms with Crippen LogP contribution in [0.25, 0.3) is 11.2 Å². The summed E-state index contributed by atoms with van der Waals surface area (Å²) in [6.07, 6.45) is -4.80. The molecule has 1 aromatic carbocycles. The number of fused-ring (bicyclic) bond motifs is 1. The topological polar surface area (TPSA) is 73.1 Å². The second-order valence-electron chi connectivity index (χ2n) is 4.44. The summed E-state index contributed by atoms with van der Waals surface area (Å²) in [5.74, 6) is -1.43. The molecular formula is C13H8F4N4O2. The van der Waals surface area contributed by atoms with Gasteiger partial charge in [0.25, 0.3) is 0 Å². The predicted molar refractivity (Wildman–Crippen MR) is 70.8 cm³/mol. The summed E-state index contributed by atoms with van der Waals surface area (Å²) in [5.41, 5.74) is -1.25. The van der Waals surface area contributed by atoms with Gasteiger partial charge < -0.3 is 10.1 Å². The lowest BCUT2D eigenvalue weighted by Gasteiger charge is -2.14. The average Bonchev–Trinajstić information content (AvgIpc) is 2.94. The fourth-order valence-corrected chi connectivity index (χ4v) is 1.95. The van der Waals surface area contributed by atoms with E-state index < -0.39 is 17.6 Å². The van der Waals surface area contributed by atoms with Gasteiger partial charge in [-0.3, -0.25) is 0 Å². The molecule has 0 saturated heterocycles. The third-order valence-electron chi connectivity index (χ3n) is 2.98. The van der Waals surface area contributed by atoms with Crippen LogP contribution in [-0.4, -0.2) is 22.4 Å². The van der Waals surface area contributed by atoms with E-state index in [1.807, 2.05) is 0 Å². The van der Waals surface area contributed by atoms with Gasteiger partial charge in [0.15, 0.2) is 11.3 Å². The Labute approximate surface area is 126 Å². The van der Waals surface area contributed by atoms with Crippen molar-refractivity contribution in [2.75, 3.05) is 12.4 Å². The molecule has 0 aliphatic heterocycles. The van der Waals surface area contributed by atoms with Gasteiger partial charge in [-0.15, -0.1) is 0 Å².